The number of ether oxygens (including phenoxy) is 2. The van der Waals surface area contributed by atoms with Gasteiger partial charge in [0.1, 0.15) is 11.4 Å². The molecule has 0 spiro atoms. The highest BCUT2D eigenvalue weighted by molar-refractivity contribution is 5.95. The fourth-order valence-electron chi connectivity index (χ4n) is 3.84. The Bertz CT molecular complexity index is 780. The molecule has 5 nitrogen and oxygen atoms in total. The van der Waals surface area contributed by atoms with Crippen molar-refractivity contribution < 1.29 is 14.3 Å². The van der Waals surface area contributed by atoms with Crippen LogP contribution in [0.2, 0.25) is 0 Å². The van der Waals surface area contributed by atoms with Crippen LogP contribution in [0.25, 0.3) is 0 Å². The van der Waals surface area contributed by atoms with Crippen molar-refractivity contribution in [2.75, 3.05) is 27.4 Å². The highest BCUT2D eigenvalue weighted by atomic mass is 16.5. The summed E-state index contributed by atoms with van der Waals surface area (Å²) in [6.45, 7) is 3.79. The Balaban J connectivity index is 1.97. The summed E-state index contributed by atoms with van der Waals surface area (Å²) in [5.41, 5.74) is 5.72. The Labute approximate surface area is 155 Å². The molecule has 0 fully saturated rings. The summed E-state index contributed by atoms with van der Waals surface area (Å²) in [7, 11) is 3.32. The standard InChI is InChI=1S/C21H28N2O3/c1-15-18-9-4-5-10-19(18)23(20(15)21(24)22-11-12-25-2)14-16-7-6-8-17(13-16)26-3/h6-8,13H,4-5,9-12,14H2,1-3H3,(H,22,24). The minimum absolute atomic E-state index is 0.0168. The van der Waals surface area contributed by atoms with Crippen molar-refractivity contribution in [3.8, 4) is 5.75 Å². The number of hydrogen-bond acceptors (Lipinski definition) is 3. The van der Waals surface area contributed by atoms with Crippen LogP contribution in [0, 0.1) is 6.92 Å². The minimum atomic E-state index is -0.0168. The predicted molar refractivity (Wildman–Crippen MR) is 102 cm³/mol. The van der Waals surface area contributed by atoms with Crippen molar-refractivity contribution in [2.24, 2.45) is 0 Å². The maximum Gasteiger partial charge on any atom is 0.268 e. The molecular weight excluding hydrogens is 328 g/mol. The second kappa shape index (κ2) is 8.41. The summed E-state index contributed by atoms with van der Waals surface area (Å²) in [4.78, 5) is 12.9. The third-order valence-electron chi connectivity index (χ3n) is 5.12. The molecule has 3 rings (SSSR count). The van der Waals surface area contributed by atoms with Crippen molar-refractivity contribution in [1.29, 1.82) is 0 Å². The summed E-state index contributed by atoms with van der Waals surface area (Å²) < 4.78 is 12.6. The zero-order chi connectivity index (χ0) is 18.5. The van der Waals surface area contributed by atoms with Crippen LogP contribution >= 0.6 is 0 Å². The summed E-state index contributed by atoms with van der Waals surface area (Å²) in [5.74, 6) is 0.822. The number of rotatable bonds is 7. The van der Waals surface area contributed by atoms with Crippen LogP contribution in [-0.4, -0.2) is 37.8 Å². The normalized spacial score (nSPS) is 13.3. The highest BCUT2D eigenvalue weighted by Crippen LogP contribution is 2.30. The lowest BCUT2D eigenvalue weighted by Gasteiger charge is -2.17. The third-order valence-corrected chi connectivity index (χ3v) is 5.12. The van der Waals surface area contributed by atoms with Crippen LogP contribution in [0.15, 0.2) is 24.3 Å². The zero-order valence-electron chi connectivity index (χ0n) is 15.9. The SMILES string of the molecule is COCCNC(=O)c1c(C)c2c(n1Cc1cccc(OC)c1)CCCC2. The van der Waals surface area contributed by atoms with Crippen molar-refractivity contribution in [1.82, 2.24) is 9.88 Å². The first-order valence-corrected chi connectivity index (χ1v) is 9.26. The second-order valence-corrected chi connectivity index (χ2v) is 6.79. The Morgan fingerprint density at radius 3 is 2.81 bits per heavy atom. The summed E-state index contributed by atoms with van der Waals surface area (Å²) in [6, 6.07) is 8.06. The topological polar surface area (TPSA) is 52.5 Å². The second-order valence-electron chi connectivity index (χ2n) is 6.79. The fourth-order valence-corrected chi connectivity index (χ4v) is 3.84. The van der Waals surface area contributed by atoms with Crippen LogP contribution in [0.1, 0.15) is 45.7 Å². The highest BCUT2D eigenvalue weighted by Gasteiger charge is 2.26. The molecule has 140 valence electrons. The first kappa shape index (κ1) is 18.5. The Kier molecular flexibility index (Phi) is 5.99. The van der Waals surface area contributed by atoms with E-state index < -0.39 is 0 Å². The van der Waals surface area contributed by atoms with Gasteiger partial charge in [-0.05, 0) is 61.4 Å². The van der Waals surface area contributed by atoms with Crippen molar-refractivity contribution in [3.63, 3.8) is 0 Å². The number of aromatic nitrogens is 1. The van der Waals surface area contributed by atoms with Crippen LogP contribution in [-0.2, 0) is 24.1 Å². The van der Waals surface area contributed by atoms with Gasteiger partial charge in [0.15, 0.2) is 0 Å². The van der Waals surface area contributed by atoms with Crippen molar-refractivity contribution in [2.45, 2.75) is 39.2 Å². The molecule has 0 saturated heterocycles. The van der Waals surface area contributed by atoms with E-state index in [1.807, 2.05) is 18.2 Å². The minimum Gasteiger partial charge on any atom is -0.497 e. The number of carbonyl (C=O) groups excluding carboxylic acids is 1. The van der Waals surface area contributed by atoms with E-state index in [4.69, 9.17) is 9.47 Å². The first-order valence-electron chi connectivity index (χ1n) is 9.26. The molecule has 1 aliphatic rings. The summed E-state index contributed by atoms with van der Waals surface area (Å²) in [5, 5.41) is 2.99. The van der Waals surface area contributed by atoms with Gasteiger partial charge in [0.05, 0.1) is 13.7 Å². The molecule has 0 aliphatic heterocycles. The van der Waals surface area contributed by atoms with Crippen LogP contribution in [0.5, 0.6) is 5.75 Å². The van der Waals surface area contributed by atoms with Gasteiger partial charge < -0.3 is 19.4 Å². The molecule has 2 aromatic rings. The zero-order valence-corrected chi connectivity index (χ0v) is 15.9. The van der Waals surface area contributed by atoms with Gasteiger partial charge in [0.2, 0.25) is 0 Å². The van der Waals surface area contributed by atoms with Gasteiger partial charge in [-0.1, -0.05) is 12.1 Å². The van der Waals surface area contributed by atoms with E-state index in [9.17, 15) is 4.79 Å². The van der Waals surface area contributed by atoms with Crippen LogP contribution < -0.4 is 10.1 Å². The van der Waals surface area contributed by atoms with Gasteiger partial charge in [0, 0.05) is 25.9 Å². The van der Waals surface area contributed by atoms with E-state index in [0.29, 0.717) is 19.7 Å². The maximum atomic E-state index is 12.9. The number of hydrogen-bond donors (Lipinski definition) is 1. The van der Waals surface area contributed by atoms with Crippen LogP contribution in [0.4, 0.5) is 0 Å². The maximum absolute atomic E-state index is 12.9. The number of nitrogens with one attached hydrogen (secondary N) is 1. The predicted octanol–water partition coefficient (Wildman–Crippen LogP) is 3.11. The number of fused-ring (bicyclic) bond motifs is 1. The lowest BCUT2D eigenvalue weighted by Crippen LogP contribution is -2.30. The van der Waals surface area contributed by atoms with Gasteiger partial charge in [-0.15, -0.1) is 0 Å². The monoisotopic (exact) mass is 356 g/mol. The van der Waals surface area contributed by atoms with E-state index in [1.54, 1.807) is 14.2 Å². The van der Waals surface area contributed by atoms with E-state index in [1.165, 1.54) is 24.1 Å². The molecule has 0 atom stereocenters. The molecule has 1 amide bonds. The van der Waals surface area contributed by atoms with Gasteiger partial charge in [-0.3, -0.25) is 4.79 Å². The Morgan fingerprint density at radius 2 is 2.04 bits per heavy atom. The molecule has 5 heteroatoms. The Morgan fingerprint density at radius 1 is 1.23 bits per heavy atom. The van der Waals surface area contributed by atoms with Crippen molar-refractivity contribution >= 4 is 5.91 Å². The van der Waals surface area contributed by atoms with E-state index >= 15 is 0 Å². The first-order chi connectivity index (χ1) is 12.7. The molecule has 0 unspecified atom stereocenters. The average Bonchev–Trinajstić information content (AvgIpc) is 2.94. The molecule has 26 heavy (non-hydrogen) atoms. The van der Waals surface area contributed by atoms with Gasteiger partial charge in [-0.25, -0.2) is 0 Å². The number of benzene rings is 1. The van der Waals surface area contributed by atoms with E-state index in [2.05, 4.69) is 22.9 Å². The number of amides is 1. The summed E-state index contributed by atoms with van der Waals surface area (Å²) in [6.07, 6.45) is 4.47. The average molecular weight is 356 g/mol. The molecule has 1 aromatic carbocycles. The number of methoxy groups -OCH3 is 2. The number of carbonyl (C=O) groups is 1. The molecule has 1 aliphatic carbocycles. The largest absolute Gasteiger partial charge is 0.497 e. The third kappa shape index (κ3) is 3.78. The molecule has 0 bridgehead atoms. The van der Waals surface area contributed by atoms with Gasteiger partial charge in [0.25, 0.3) is 5.91 Å². The van der Waals surface area contributed by atoms with Gasteiger partial charge >= 0.3 is 0 Å². The molecule has 0 radical (unpaired) electrons. The van der Waals surface area contributed by atoms with E-state index in [0.717, 1.165) is 35.4 Å². The quantitative estimate of drug-likeness (QED) is 0.776. The molecule has 1 N–H and O–H groups in total. The smallest absolute Gasteiger partial charge is 0.268 e. The lowest BCUT2D eigenvalue weighted by atomic mass is 9.95. The summed E-state index contributed by atoms with van der Waals surface area (Å²) >= 11 is 0. The number of nitrogens with zero attached hydrogens (tertiary/aromatic N) is 1. The molecule has 0 saturated carbocycles. The van der Waals surface area contributed by atoms with E-state index in [-0.39, 0.29) is 5.91 Å². The van der Waals surface area contributed by atoms with Crippen molar-refractivity contribution in [3.05, 3.63) is 52.3 Å². The van der Waals surface area contributed by atoms with Gasteiger partial charge in [-0.2, -0.15) is 0 Å². The fraction of sp³-hybridized carbons (Fsp3) is 0.476. The molecular formula is C21H28N2O3. The lowest BCUT2D eigenvalue weighted by molar-refractivity contribution is 0.0927. The van der Waals surface area contributed by atoms with Crippen LogP contribution in [0.3, 0.4) is 0 Å². The Hall–Kier alpha value is -2.27. The molecule has 1 aromatic heterocycles. The molecule has 1 heterocycles.